The maximum absolute atomic E-state index is 9.06. The molecule has 6 heteroatoms. The van der Waals surface area contributed by atoms with Gasteiger partial charge in [0.15, 0.2) is 5.69 Å². The molecule has 0 unspecified atom stereocenters. The summed E-state index contributed by atoms with van der Waals surface area (Å²) in [6.45, 7) is 0. The van der Waals surface area contributed by atoms with Crippen molar-refractivity contribution < 1.29 is 0 Å². The number of nitrogen functional groups attached to an aromatic ring is 1. The van der Waals surface area contributed by atoms with Crippen molar-refractivity contribution in [1.29, 1.82) is 10.5 Å². The molecule has 0 amide bonds. The van der Waals surface area contributed by atoms with Crippen LogP contribution < -0.4 is 5.73 Å². The second-order valence-electron chi connectivity index (χ2n) is 4.41. The van der Waals surface area contributed by atoms with E-state index in [0.717, 1.165) is 11.0 Å². The summed E-state index contributed by atoms with van der Waals surface area (Å²) in [7, 11) is 0. The smallest absolute Gasteiger partial charge is 0.165 e. The Kier molecular flexibility index (Phi) is 2.98. The van der Waals surface area contributed by atoms with Gasteiger partial charge in [0.05, 0.1) is 29.2 Å². The van der Waals surface area contributed by atoms with Gasteiger partial charge in [-0.15, -0.1) is 0 Å². The molecular weight excluding hydrogens is 264 g/mol. The van der Waals surface area contributed by atoms with Gasteiger partial charge < -0.3 is 5.73 Å². The number of nitriles is 2. The van der Waals surface area contributed by atoms with Gasteiger partial charge in [-0.2, -0.15) is 10.5 Å². The van der Waals surface area contributed by atoms with E-state index in [9.17, 15) is 0 Å². The third-order valence-electron chi connectivity index (χ3n) is 3.11. The van der Waals surface area contributed by atoms with Gasteiger partial charge in [-0.05, 0) is 24.3 Å². The van der Waals surface area contributed by atoms with Crippen LogP contribution in [0.1, 0.15) is 11.5 Å². The quantitative estimate of drug-likeness (QED) is 0.768. The highest BCUT2D eigenvalue weighted by Gasteiger charge is 2.14. The molecule has 0 aliphatic heterocycles. The van der Waals surface area contributed by atoms with Crippen LogP contribution in [-0.2, 0) is 6.42 Å². The first-order valence-electron chi connectivity index (χ1n) is 6.25. The van der Waals surface area contributed by atoms with E-state index in [2.05, 4.69) is 16.0 Å². The Morgan fingerprint density at radius 1 is 1.10 bits per heavy atom. The van der Waals surface area contributed by atoms with Gasteiger partial charge in [0, 0.05) is 0 Å². The standard InChI is InChI=1S/C15H10N6/c16-8-7-15-19-11-3-1-2-4-13(11)21(15)14-6-5-10(18)12(9-17)20-14/h1-6H,7,18H2. The van der Waals surface area contributed by atoms with Gasteiger partial charge in [0.1, 0.15) is 17.7 Å². The van der Waals surface area contributed by atoms with E-state index in [1.807, 2.05) is 30.3 Å². The number of pyridine rings is 1. The molecule has 0 spiro atoms. The molecule has 0 aliphatic rings. The minimum Gasteiger partial charge on any atom is -0.396 e. The van der Waals surface area contributed by atoms with Crippen molar-refractivity contribution in [3.05, 3.63) is 47.9 Å². The molecule has 0 saturated heterocycles. The normalized spacial score (nSPS) is 10.2. The molecule has 0 aliphatic carbocycles. The molecule has 2 N–H and O–H groups in total. The zero-order valence-electron chi connectivity index (χ0n) is 11.0. The largest absolute Gasteiger partial charge is 0.396 e. The van der Waals surface area contributed by atoms with Crippen LogP contribution in [0, 0.1) is 22.7 Å². The van der Waals surface area contributed by atoms with Crippen molar-refractivity contribution in [2.45, 2.75) is 6.42 Å². The Hall–Kier alpha value is -3.38. The zero-order valence-corrected chi connectivity index (χ0v) is 11.0. The highest BCUT2D eigenvalue weighted by Crippen LogP contribution is 2.22. The Morgan fingerprint density at radius 2 is 1.90 bits per heavy atom. The van der Waals surface area contributed by atoms with Crippen molar-refractivity contribution in [3.63, 3.8) is 0 Å². The fourth-order valence-electron chi connectivity index (χ4n) is 2.19. The molecule has 0 atom stereocenters. The van der Waals surface area contributed by atoms with E-state index < -0.39 is 0 Å². The third kappa shape index (κ3) is 2.05. The summed E-state index contributed by atoms with van der Waals surface area (Å²) in [5.74, 6) is 1.11. The monoisotopic (exact) mass is 274 g/mol. The second-order valence-corrected chi connectivity index (χ2v) is 4.41. The number of fused-ring (bicyclic) bond motifs is 1. The molecule has 1 aromatic carbocycles. The first kappa shape index (κ1) is 12.6. The highest BCUT2D eigenvalue weighted by molar-refractivity contribution is 5.78. The fraction of sp³-hybridized carbons (Fsp3) is 0.0667. The van der Waals surface area contributed by atoms with E-state index in [0.29, 0.717) is 17.3 Å². The molecule has 3 rings (SSSR count). The van der Waals surface area contributed by atoms with Crippen molar-refractivity contribution in [2.24, 2.45) is 0 Å². The molecule has 6 nitrogen and oxygen atoms in total. The SMILES string of the molecule is N#CCc1nc2ccccc2n1-c1ccc(N)c(C#N)n1. The van der Waals surface area contributed by atoms with Gasteiger partial charge in [-0.25, -0.2) is 9.97 Å². The molecular formula is C15H10N6. The third-order valence-corrected chi connectivity index (χ3v) is 3.11. The summed E-state index contributed by atoms with van der Waals surface area (Å²) in [4.78, 5) is 8.70. The number of nitrogens with zero attached hydrogens (tertiary/aromatic N) is 5. The van der Waals surface area contributed by atoms with Gasteiger partial charge in [-0.1, -0.05) is 12.1 Å². The number of rotatable bonds is 2. The second kappa shape index (κ2) is 4.95. The zero-order chi connectivity index (χ0) is 14.8. The molecule has 21 heavy (non-hydrogen) atoms. The average Bonchev–Trinajstić information content (AvgIpc) is 2.86. The van der Waals surface area contributed by atoms with Gasteiger partial charge in [-0.3, -0.25) is 4.57 Å². The van der Waals surface area contributed by atoms with Crippen molar-refractivity contribution in [3.8, 4) is 18.0 Å². The minimum atomic E-state index is 0.155. The topological polar surface area (TPSA) is 104 Å². The molecule has 2 heterocycles. The summed E-state index contributed by atoms with van der Waals surface area (Å²) in [5.41, 5.74) is 7.80. The number of benzene rings is 1. The van der Waals surface area contributed by atoms with E-state index in [4.69, 9.17) is 16.3 Å². The van der Waals surface area contributed by atoms with Crippen LogP contribution in [-0.4, -0.2) is 14.5 Å². The van der Waals surface area contributed by atoms with Crippen LogP contribution in [0.5, 0.6) is 0 Å². The molecule has 0 radical (unpaired) electrons. The van der Waals surface area contributed by atoms with Crippen LogP contribution >= 0.6 is 0 Å². The van der Waals surface area contributed by atoms with E-state index in [-0.39, 0.29) is 12.1 Å². The average molecular weight is 274 g/mol. The predicted octanol–water partition coefficient (Wildman–Crippen LogP) is 1.94. The summed E-state index contributed by atoms with van der Waals surface area (Å²) in [6, 6.07) is 14.9. The summed E-state index contributed by atoms with van der Waals surface area (Å²) in [5, 5.41) is 18.0. The maximum atomic E-state index is 9.06. The van der Waals surface area contributed by atoms with Crippen molar-refractivity contribution in [2.75, 3.05) is 5.73 Å². The number of para-hydroxylation sites is 2. The highest BCUT2D eigenvalue weighted by atomic mass is 15.1. The van der Waals surface area contributed by atoms with E-state index in [1.54, 1.807) is 16.7 Å². The summed E-state index contributed by atoms with van der Waals surface area (Å²) >= 11 is 0. The number of nitrogens with two attached hydrogens (primary N) is 1. The number of hydrogen-bond acceptors (Lipinski definition) is 5. The van der Waals surface area contributed by atoms with Crippen LogP contribution in [0.2, 0.25) is 0 Å². The number of hydrogen-bond donors (Lipinski definition) is 1. The number of imidazole rings is 1. The maximum Gasteiger partial charge on any atom is 0.165 e. The van der Waals surface area contributed by atoms with Crippen LogP contribution in [0.25, 0.3) is 16.9 Å². The van der Waals surface area contributed by atoms with E-state index in [1.165, 1.54) is 0 Å². The Morgan fingerprint density at radius 3 is 2.67 bits per heavy atom. The molecule has 0 saturated carbocycles. The predicted molar refractivity (Wildman–Crippen MR) is 77.3 cm³/mol. The van der Waals surface area contributed by atoms with Crippen LogP contribution in [0.15, 0.2) is 36.4 Å². The molecule has 2 aromatic heterocycles. The van der Waals surface area contributed by atoms with Gasteiger partial charge in [0.2, 0.25) is 0 Å². The molecule has 100 valence electrons. The Bertz CT molecular complexity index is 910. The lowest BCUT2D eigenvalue weighted by Crippen LogP contribution is -2.05. The van der Waals surface area contributed by atoms with Gasteiger partial charge >= 0.3 is 0 Å². The summed E-state index contributed by atoms with van der Waals surface area (Å²) < 4.78 is 1.78. The van der Waals surface area contributed by atoms with Gasteiger partial charge in [0.25, 0.3) is 0 Å². The Labute approximate surface area is 120 Å². The fourth-order valence-corrected chi connectivity index (χ4v) is 2.19. The molecule has 0 bridgehead atoms. The first-order valence-corrected chi connectivity index (χ1v) is 6.25. The number of aromatic nitrogens is 3. The van der Waals surface area contributed by atoms with Crippen LogP contribution in [0.3, 0.4) is 0 Å². The lowest BCUT2D eigenvalue weighted by atomic mass is 10.3. The van der Waals surface area contributed by atoms with Crippen LogP contribution in [0.4, 0.5) is 5.69 Å². The van der Waals surface area contributed by atoms with E-state index >= 15 is 0 Å². The molecule has 0 fully saturated rings. The lowest BCUT2D eigenvalue weighted by molar-refractivity contribution is 0.919. The Balaban J connectivity index is 2.31. The lowest BCUT2D eigenvalue weighted by Gasteiger charge is -2.07. The number of anilines is 1. The van der Waals surface area contributed by atoms with Crippen molar-refractivity contribution in [1.82, 2.24) is 14.5 Å². The summed E-state index contributed by atoms with van der Waals surface area (Å²) in [6.07, 6.45) is 0.155. The molecule has 3 aromatic rings. The minimum absolute atomic E-state index is 0.155. The van der Waals surface area contributed by atoms with Crippen molar-refractivity contribution >= 4 is 16.7 Å². The first-order chi connectivity index (χ1) is 10.2.